The summed E-state index contributed by atoms with van der Waals surface area (Å²) >= 11 is 1.43. The van der Waals surface area contributed by atoms with E-state index in [-0.39, 0.29) is 63.9 Å². The number of hydrogen-bond acceptors (Lipinski definition) is 15. The molecular formula is C31H40IN3O17S. The summed E-state index contributed by atoms with van der Waals surface area (Å²) in [6.45, 7) is -0.175. The van der Waals surface area contributed by atoms with Crippen molar-refractivity contribution in [2.75, 3.05) is 38.7 Å². The number of hydrogen-bond donors (Lipinski definition) is 6. The third-order valence-electron chi connectivity index (χ3n) is 7.58. The lowest BCUT2D eigenvalue weighted by Gasteiger charge is -2.35. The molecule has 2 heterocycles. The molecule has 0 radical (unpaired) electrons. The highest BCUT2D eigenvalue weighted by Crippen LogP contribution is 2.30. The van der Waals surface area contributed by atoms with Gasteiger partial charge in [0.2, 0.25) is 18.1 Å². The fraction of sp³-hybridized carbons (Fsp3) is 0.548. The van der Waals surface area contributed by atoms with Crippen molar-refractivity contribution in [3.63, 3.8) is 0 Å². The number of aliphatic hydroxyl groups is 2. The van der Waals surface area contributed by atoms with E-state index in [9.17, 15) is 57.1 Å². The number of rotatable bonds is 22. The molecule has 1 fully saturated rings. The zero-order valence-electron chi connectivity index (χ0n) is 28.1. The standard InChI is InChI=1S/C31H40IN3O17S/c32-31(44)50-16-18-5-6-19(14-22(18)51-26-15-21(36)27(40)28(52-26)30(42)43)49-13-12-48-11-9-33-29(41)20(17-53(45,46)47)34-23(37)4-2-1-3-10-35-24(38)7-8-25(35)39/h5-8,14,20-21,26-28,36,40H,1-4,9-13,15-17H2,(H,33,41)(H,34,37)(H,42,43)(H,45,46,47)/t20-,21+,26+,27-,28-/m0/s1. The Morgan fingerprint density at radius 1 is 1.04 bits per heavy atom. The van der Waals surface area contributed by atoms with Crippen molar-refractivity contribution in [1.82, 2.24) is 15.5 Å². The van der Waals surface area contributed by atoms with E-state index >= 15 is 0 Å². The smallest absolute Gasteiger partial charge is 0.367 e. The molecule has 1 aromatic carbocycles. The van der Waals surface area contributed by atoms with Crippen molar-refractivity contribution < 1.29 is 80.7 Å². The van der Waals surface area contributed by atoms with E-state index in [0.717, 1.165) is 4.90 Å². The van der Waals surface area contributed by atoms with Gasteiger partial charge in [0.05, 0.1) is 41.9 Å². The molecule has 22 heteroatoms. The number of amides is 4. The van der Waals surface area contributed by atoms with Gasteiger partial charge in [0.25, 0.3) is 21.9 Å². The number of unbranched alkanes of at least 4 members (excludes halogenated alkanes) is 2. The van der Waals surface area contributed by atoms with Gasteiger partial charge in [-0.15, -0.1) is 0 Å². The molecule has 2 aliphatic rings. The van der Waals surface area contributed by atoms with Crippen LogP contribution in [-0.4, -0.2) is 136 Å². The van der Waals surface area contributed by atoms with Crippen molar-refractivity contribution in [3.8, 4) is 11.5 Å². The van der Waals surface area contributed by atoms with E-state index in [0.29, 0.717) is 24.8 Å². The minimum atomic E-state index is -4.65. The molecule has 2 aliphatic heterocycles. The Bertz CT molecular complexity index is 1610. The summed E-state index contributed by atoms with van der Waals surface area (Å²) in [5.41, 5.74) is 0.359. The van der Waals surface area contributed by atoms with Crippen LogP contribution in [0, 0.1) is 0 Å². The lowest BCUT2D eigenvalue weighted by Crippen LogP contribution is -2.53. The Kier molecular flexibility index (Phi) is 17.3. The van der Waals surface area contributed by atoms with Crippen molar-refractivity contribution in [2.24, 2.45) is 0 Å². The van der Waals surface area contributed by atoms with Gasteiger partial charge in [-0.3, -0.25) is 28.6 Å². The van der Waals surface area contributed by atoms with Crippen LogP contribution in [0.3, 0.4) is 0 Å². The SMILES string of the molecule is O=C(CCCCCN1C(=O)C=CC1=O)N[C@@H](CS(=O)(=O)O)C(=O)NCCOCCOc1ccc(COC(=O)I)c(O[C@H]2C[C@@H](O)[C@H](O)[C@@H](C(=O)O)O2)c1. The summed E-state index contributed by atoms with van der Waals surface area (Å²) in [6, 6.07) is 2.87. The Morgan fingerprint density at radius 3 is 2.42 bits per heavy atom. The second kappa shape index (κ2) is 21.1. The third-order valence-corrected chi connectivity index (χ3v) is 8.64. The predicted molar refractivity (Wildman–Crippen MR) is 186 cm³/mol. The first-order valence-corrected chi connectivity index (χ1v) is 18.9. The fourth-order valence-electron chi connectivity index (χ4n) is 4.98. The van der Waals surface area contributed by atoms with Crippen LogP contribution >= 0.6 is 22.6 Å². The van der Waals surface area contributed by atoms with Gasteiger partial charge in [-0.25, -0.2) is 9.59 Å². The largest absolute Gasteiger partial charge is 0.491 e. The summed E-state index contributed by atoms with van der Waals surface area (Å²) in [5.74, 6) is -4.58. The molecule has 53 heavy (non-hydrogen) atoms. The van der Waals surface area contributed by atoms with Crippen molar-refractivity contribution >= 4 is 66.3 Å². The lowest BCUT2D eigenvalue weighted by atomic mass is 10.0. The molecule has 0 saturated carbocycles. The number of carboxylic acid groups (broad SMARTS) is 1. The Balaban J connectivity index is 1.42. The number of nitrogens with one attached hydrogen (secondary N) is 2. The molecule has 1 aromatic rings. The minimum Gasteiger partial charge on any atom is -0.491 e. The summed E-state index contributed by atoms with van der Waals surface area (Å²) < 4.78 is 58.8. The zero-order valence-corrected chi connectivity index (χ0v) is 31.1. The number of benzene rings is 1. The number of nitrogens with zero attached hydrogens (tertiary/aromatic N) is 1. The van der Waals surface area contributed by atoms with Crippen LogP contribution in [0.4, 0.5) is 4.79 Å². The summed E-state index contributed by atoms with van der Waals surface area (Å²) in [6.07, 6.45) is -2.91. The molecule has 1 saturated heterocycles. The van der Waals surface area contributed by atoms with Gasteiger partial charge in [0, 0.05) is 49.7 Å². The molecule has 4 amide bonds. The van der Waals surface area contributed by atoms with Crippen molar-refractivity contribution in [2.45, 2.75) is 69.4 Å². The number of carbonyl (C=O) groups is 6. The van der Waals surface area contributed by atoms with Gasteiger partial charge < -0.3 is 49.6 Å². The van der Waals surface area contributed by atoms with Gasteiger partial charge in [-0.2, -0.15) is 8.42 Å². The molecule has 5 atom stereocenters. The van der Waals surface area contributed by atoms with E-state index in [1.54, 1.807) is 0 Å². The van der Waals surface area contributed by atoms with Crippen LogP contribution in [0.15, 0.2) is 30.4 Å². The van der Waals surface area contributed by atoms with Gasteiger partial charge >= 0.3 is 9.95 Å². The highest BCUT2D eigenvalue weighted by molar-refractivity contribution is 14.1. The number of carboxylic acids is 1. The first-order valence-electron chi connectivity index (χ1n) is 16.2. The molecule has 0 spiro atoms. The molecule has 3 rings (SSSR count). The molecule has 20 nitrogen and oxygen atoms in total. The Hall–Kier alpha value is -3.94. The number of ether oxygens (including phenoxy) is 5. The van der Waals surface area contributed by atoms with Crippen molar-refractivity contribution in [3.05, 3.63) is 35.9 Å². The lowest BCUT2D eigenvalue weighted by molar-refractivity contribution is -0.228. The maximum atomic E-state index is 12.6. The Morgan fingerprint density at radius 2 is 1.75 bits per heavy atom. The molecule has 294 valence electrons. The first kappa shape index (κ1) is 43.5. The van der Waals surface area contributed by atoms with Crippen LogP contribution < -0.4 is 20.1 Å². The van der Waals surface area contributed by atoms with Gasteiger partial charge in [-0.05, 0) is 25.0 Å². The first-order chi connectivity index (χ1) is 25.0. The maximum absolute atomic E-state index is 12.6. The van der Waals surface area contributed by atoms with E-state index < -0.39 is 80.1 Å². The van der Waals surface area contributed by atoms with Crippen LogP contribution in [0.2, 0.25) is 0 Å². The number of aliphatic carboxylic acids is 1. The summed E-state index contributed by atoms with van der Waals surface area (Å²) in [5, 5.41) is 34.0. The number of carbonyl (C=O) groups excluding carboxylic acids is 5. The molecular weight excluding hydrogens is 845 g/mol. The average Bonchev–Trinajstić information content (AvgIpc) is 3.40. The van der Waals surface area contributed by atoms with E-state index in [1.165, 1.54) is 52.9 Å². The van der Waals surface area contributed by atoms with Crippen molar-refractivity contribution in [1.29, 1.82) is 0 Å². The summed E-state index contributed by atoms with van der Waals surface area (Å²) in [7, 11) is -4.65. The normalized spacial score (nSPS) is 20.5. The fourth-order valence-corrected chi connectivity index (χ4v) is 5.79. The van der Waals surface area contributed by atoms with E-state index in [4.69, 9.17) is 23.7 Å². The molecule has 0 aromatic heterocycles. The van der Waals surface area contributed by atoms with Gasteiger partial charge in [0.15, 0.2) is 6.10 Å². The molecule has 0 unspecified atom stereocenters. The highest BCUT2D eigenvalue weighted by atomic mass is 127. The highest BCUT2D eigenvalue weighted by Gasteiger charge is 2.42. The second-order valence-corrected chi connectivity index (χ2v) is 14.0. The monoisotopic (exact) mass is 885 g/mol. The number of halogens is 1. The average molecular weight is 886 g/mol. The second-order valence-electron chi connectivity index (χ2n) is 11.6. The summed E-state index contributed by atoms with van der Waals surface area (Å²) in [4.78, 5) is 72.0. The number of imide groups is 1. The van der Waals surface area contributed by atoms with Gasteiger partial charge in [-0.1, -0.05) is 6.42 Å². The Labute approximate surface area is 317 Å². The van der Waals surface area contributed by atoms with E-state index in [2.05, 4.69) is 10.6 Å². The van der Waals surface area contributed by atoms with Gasteiger partial charge in [0.1, 0.15) is 42.6 Å². The van der Waals surface area contributed by atoms with Crippen LogP contribution in [0.1, 0.15) is 37.7 Å². The van der Waals surface area contributed by atoms with Crippen LogP contribution in [-0.2, 0) is 54.9 Å². The molecule has 6 N–H and O–H groups in total. The zero-order chi connectivity index (χ0) is 39.1. The molecule has 0 bridgehead atoms. The minimum absolute atomic E-state index is 0.00956. The quantitative estimate of drug-likeness (QED) is 0.0279. The topological polar surface area (TPSA) is 291 Å². The predicted octanol–water partition coefficient (Wildman–Crippen LogP) is -0.572. The van der Waals surface area contributed by atoms with Crippen LogP contribution in [0.25, 0.3) is 0 Å². The molecule has 0 aliphatic carbocycles. The van der Waals surface area contributed by atoms with E-state index in [1.807, 2.05) is 0 Å². The van der Waals surface area contributed by atoms with Crippen LogP contribution in [0.5, 0.6) is 11.5 Å². The maximum Gasteiger partial charge on any atom is 0.367 e. The third kappa shape index (κ3) is 15.1. The number of aliphatic hydroxyl groups excluding tert-OH is 2.